The van der Waals surface area contributed by atoms with Crippen LogP contribution in [0.5, 0.6) is 0 Å². The zero-order valence-electron chi connectivity index (χ0n) is 17.5. The molecule has 2 N–H and O–H groups in total. The number of rotatable bonds is 8. The Balaban J connectivity index is 1.63. The van der Waals surface area contributed by atoms with Crippen LogP contribution in [0.4, 0.5) is 0 Å². The predicted octanol–water partition coefficient (Wildman–Crippen LogP) is 4.58. The van der Waals surface area contributed by atoms with Crippen molar-refractivity contribution >= 4 is 23.2 Å². The van der Waals surface area contributed by atoms with Crippen LogP contribution in [0, 0.1) is 12.8 Å². The maximum absolute atomic E-state index is 12.8. The second-order valence-electron chi connectivity index (χ2n) is 7.68. The summed E-state index contributed by atoms with van der Waals surface area (Å²) in [5.41, 5.74) is 3.42. The summed E-state index contributed by atoms with van der Waals surface area (Å²) in [6.45, 7) is 6.30. The Labute approximate surface area is 181 Å². The monoisotopic (exact) mass is 421 g/mol. The molecule has 0 aliphatic carbocycles. The van der Waals surface area contributed by atoms with E-state index in [0.29, 0.717) is 18.5 Å². The van der Waals surface area contributed by atoms with Crippen LogP contribution in [0.1, 0.15) is 41.2 Å². The van der Waals surface area contributed by atoms with Gasteiger partial charge in [0, 0.05) is 16.5 Å². The standard InChI is InChI=1S/C24H27N3O2S/c1-16(2)13-20(27-23(28)19-12-8-7-9-17(19)3)24(29)25-14-22-26-21(15-30-22)18-10-5-4-6-11-18/h4-12,15-16,20H,13-14H2,1-3H3,(H,25,29)(H,27,28). The Bertz CT molecular complexity index is 998. The fraction of sp³-hybridized carbons (Fsp3) is 0.292. The number of carbonyl (C=O) groups excluding carboxylic acids is 2. The highest BCUT2D eigenvalue weighted by Gasteiger charge is 2.23. The quantitative estimate of drug-likeness (QED) is 0.559. The van der Waals surface area contributed by atoms with E-state index in [1.807, 2.05) is 74.7 Å². The Kier molecular flexibility index (Phi) is 7.36. The van der Waals surface area contributed by atoms with E-state index in [0.717, 1.165) is 21.8 Å². The second kappa shape index (κ2) is 10.2. The van der Waals surface area contributed by atoms with Crippen molar-refractivity contribution < 1.29 is 9.59 Å². The van der Waals surface area contributed by atoms with E-state index < -0.39 is 6.04 Å². The molecule has 2 aromatic carbocycles. The van der Waals surface area contributed by atoms with Crippen molar-refractivity contribution in [3.05, 3.63) is 76.1 Å². The summed E-state index contributed by atoms with van der Waals surface area (Å²) < 4.78 is 0. The van der Waals surface area contributed by atoms with Gasteiger partial charge in [-0.2, -0.15) is 0 Å². The molecule has 1 aromatic heterocycles. The lowest BCUT2D eigenvalue weighted by Gasteiger charge is -2.20. The maximum atomic E-state index is 12.8. The van der Waals surface area contributed by atoms with E-state index in [4.69, 9.17) is 0 Å². The summed E-state index contributed by atoms with van der Waals surface area (Å²) in [5, 5.41) is 8.66. The number of nitrogens with zero attached hydrogens (tertiary/aromatic N) is 1. The molecule has 0 fully saturated rings. The third-order valence-corrected chi connectivity index (χ3v) is 5.60. The molecule has 30 heavy (non-hydrogen) atoms. The largest absolute Gasteiger partial charge is 0.348 e. The number of hydrogen-bond donors (Lipinski definition) is 2. The van der Waals surface area contributed by atoms with Crippen molar-refractivity contribution in [2.75, 3.05) is 0 Å². The van der Waals surface area contributed by atoms with Crippen molar-refractivity contribution in [2.45, 2.75) is 39.8 Å². The third kappa shape index (κ3) is 5.76. The minimum atomic E-state index is -0.592. The van der Waals surface area contributed by atoms with Gasteiger partial charge < -0.3 is 10.6 Å². The Hall–Kier alpha value is -2.99. The maximum Gasteiger partial charge on any atom is 0.252 e. The van der Waals surface area contributed by atoms with Gasteiger partial charge >= 0.3 is 0 Å². The van der Waals surface area contributed by atoms with Gasteiger partial charge in [0.1, 0.15) is 11.0 Å². The van der Waals surface area contributed by atoms with Gasteiger partial charge in [-0.1, -0.05) is 62.4 Å². The molecule has 0 aliphatic heterocycles. The lowest BCUT2D eigenvalue weighted by atomic mass is 10.0. The number of carbonyl (C=O) groups is 2. The average Bonchev–Trinajstić information content (AvgIpc) is 3.21. The van der Waals surface area contributed by atoms with Gasteiger partial charge in [0.2, 0.25) is 5.91 Å². The number of benzene rings is 2. The third-order valence-electron chi connectivity index (χ3n) is 4.75. The molecular formula is C24H27N3O2S. The molecular weight excluding hydrogens is 394 g/mol. The predicted molar refractivity (Wildman–Crippen MR) is 121 cm³/mol. The number of thiazole rings is 1. The van der Waals surface area contributed by atoms with Crippen LogP contribution in [0.15, 0.2) is 60.0 Å². The zero-order chi connectivity index (χ0) is 21.5. The Morgan fingerprint density at radius 3 is 2.43 bits per heavy atom. The van der Waals surface area contributed by atoms with Crippen LogP contribution in [-0.2, 0) is 11.3 Å². The van der Waals surface area contributed by atoms with E-state index in [2.05, 4.69) is 15.6 Å². The molecule has 1 atom stereocenters. The minimum absolute atomic E-state index is 0.193. The van der Waals surface area contributed by atoms with Gasteiger partial charge in [0.25, 0.3) is 5.91 Å². The number of hydrogen-bond acceptors (Lipinski definition) is 4. The Morgan fingerprint density at radius 2 is 1.73 bits per heavy atom. The number of amides is 2. The van der Waals surface area contributed by atoms with E-state index in [1.54, 1.807) is 6.07 Å². The van der Waals surface area contributed by atoms with Gasteiger partial charge in [0.05, 0.1) is 12.2 Å². The van der Waals surface area contributed by atoms with Gasteiger partial charge in [-0.3, -0.25) is 9.59 Å². The van der Waals surface area contributed by atoms with Gasteiger partial charge in [-0.15, -0.1) is 11.3 Å². The van der Waals surface area contributed by atoms with Crippen molar-refractivity contribution in [3.8, 4) is 11.3 Å². The van der Waals surface area contributed by atoms with Crippen molar-refractivity contribution in [3.63, 3.8) is 0 Å². The summed E-state index contributed by atoms with van der Waals surface area (Å²) in [6, 6.07) is 16.7. The molecule has 0 aliphatic rings. The highest BCUT2D eigenvalue weighted by Crippen LogP contribution is 2.21. The van der Waals surface area contributed by atoms with Crippen LogP contribution in [0.25, 0.3) is 11.3 Å². The highest BCUT2D eigenvalue weighted by molar-refractivity contribution is 7.09. The molecule has 0 bridgehead atoms. The lowest BCUT2D eigenvalue weighted by Crippen LogP contribution is -2.47. The van der Waals surface area contributed by atoms with Crippen LogP contribution in [0.3, 0.4) is 0 Å². The lowest BCUT2D eigenvalue weighted by molar-refractivity contribution is -0.123. The first-order valence-electron chi connectivity index (χ1n) is 10.1. The molecule has 3 rings (SSSR count). The van der Waals surface area contributed by atoms with Crippen LogP contribution >= 0.6 is 11.3 Å². The average molecular weight is 422 g/mol. The smallest absolute Gasteiger partial charge is 0.252 e. The first kappa shape index (κ1) is 21.7. The van der Waals surface area contributed by atoms with E-state index >= 15 is 0 Å². The van der Waals surface area contributed by atoms with Gasteiger partial charge in [0.15, 0.2) is 0 Å². The van der Waals surface area contributed by atoms with Crippen molar-refractivity contribution in [2.24, 2.45) is 5.92 Å². The molecule has 0 spiro atoms. The fourth-order valence-corrected chi connectivity index (χ4v) is 3.93. The molecule has 0 saturated heterocycles. The topological polar surface area (TPSA) is 71.1 Å². The molecule has 1 unspecified atom stereocenters. The van der Waals surface area contributed by atoms with Crippen LogP contribution in [0.2, 0.25) is 0 Å². The van der Waals surface area contributed by atoms with Crippen LogP contribution < -0.4 is 10.6 Å². The highest BCUT2D eigenvalue weighted by atomic mass is 32.1. The summed E-state index contributed by atoms with van der Waals surface area (Å²) in [5.74, 6) is -0.154. The molecule has 3 aromatic rings. The normalized spacial score (nSPS) is 11.9. The summed E-state index contributed by atoms with van der Waals surface area (Å²) >= 11 is 1.51. The molecule has 5 nitrogen and oxygen atoms in total. The molecule has 6 heteroatoms. The molecule has 0 radical (unpaired) electrons. The Morgan fingerprint density at radius 1 is 1.03 bits per heavy atom. The summed E-state index contributed by atoms with van der Waals surface area (Å²) in [7, 11) is 0. The van der Waals surface area contributed by atoms with Crippen molar-refractivity contribution in [1.29, 1.82) is 0 Å². The van der Waals surface area contributed by atoms with Crippen molar-refractivity contribution in [1.82, 2.24) is 15.6 Å². The SMILES string of the molecule is Cc1ccccc1C(=O)NC(CC(C)C)C(=O)NCc1nc(-c2ccccc2)cs1. The number of aryl methyl sites for hydroxylation is 1. The van der Waals surface area contributed by atoms with E-state index in [-0.39, 0.29) is 17.7 Å². The van der Waals surface area contributed by atoms with Crippen LogP contribution in [-0.4, -0.2) is 22.8 Å². The first-order chi connectivity index (χ1) is 14.4. The van der Waals surface area contributed by atoms with E-state index in [9.17, 15) is 9.59 Å². The first-order valence-corrected chi connectivity index (χ1v) is 11.0. The fourth-order valence-electron chi connectivity index (χ4n) is 3.19. The van der Waals surface area contributed by atoms with Gasteiger partial charge in [-0.25, -0.2) is 4.98 Å². The molecule has 0 saturated carbocycles. The number of aromatic nitrogens is 1. The van der Waals surface area contributed by atoms with Gasteiger partial charge in [-0.05, 0) is 30.9 Å². The molecule has 2 amide bonds. The molecule has 1 heterocycles. The summed E-state index contributed by atoms with van der Waals surface area (Å²) in [4.78, 5) is 30.1. The zero-order valence-corrected chi connectivity index (χ0v) is 18.3. The summed E-state index contributed by atoms with van der Waals surface area (Å²) in [6.07, 6.45) is 0.566. The minimum Gasteiger partial charge on any atom is -0.348 e. The number of nitrogens with one attached hydrogen (secondary N) is 2. The second-order valence-corrected chi connectivity index (χ2v) is 8.62. The molecule has 156 valence electrons. The van der Waals surface area contributed by atoms with E-state index in [1.165, 1.54) is 11.3 Å².